The summed E-state index contributed by atoms with van der Waals surface area (Å²) in [6.07, 6.45) is -0.178. The van der Waals surface area contributed by atoms with Gasteiger partial charge in [-0.15, -0.1) is 0 Å². The molecule has 5 nitrogen and oxygen atoms in total. The third kappa shape index (κ3) is 3.33. The van der Waals surface area contributed by atoms with Crippen LogP contribution >= 0.6 is 0 Å². The predicted molar refractivity (Wildman–Crippen MR) is 66.0 cm³/mol. The van der Waals surface area contributed by atoms with Crippen LogP contribution < -0.4 is 5.32 Å². The van der Waals surface area contributed by atoms with Gasteiger partial charge in [0.15, 0.2) is 0 Å². The fourth-order valence-electron chi connectivity index (χ4n) is 2.36. The van der Waals surface area contributed by atoms with Crippen molar-refractivity contribution in [2.75, 3.05) is 39.3 Å². The van der Waals surface area contributed by atoms with Crippen molar-refractivity contribution in [3.05, 3.63) is 0 Å². The van der Waals surface area contributed by atoms with E-state index in [-0.39, 0.29) is 6.09 Å². The first-order valence-electron chi connectivity index (χ1n) is 6.38. The number of ether oxygens (including phenoxy) is 1. The lowest BCUT2D eigenvalue weighted by Gasteiger charge is -2.44. The van der Waals surface area contributed by atoms with E-state index in [9.17, 15) is 4.79 Å². The number of carbonyl (C=O) groups is 1. The van der Waals surface area contributed by atoms with Crippen molar-refractivity contribution in [1.29, 1.82) is 0 Å². The second kappa shape index (κ2) is 4.82. The van der Waals surface area contributed by atoms with Crippen molar-refractivity contribution in [1.82, 2.24) is 15.1 Å². The van der Waals surface area contributed by atoms with Crippen molar-refractivity contribution < 1.29 is 9.53 Å². The standard InChI is InChI=1S/C12H23N3O2/c1-12(2,3)17-11(16)15-7-6-14-5-4-13-8-10(14)9-15/h10,13H,4-9H2,1-3H3/t10-/m1/s1. The highest BCUT2D eigenvalue weighted by molar-refractivity contribution is 5.68. The second-order valence-electron chi connectivity index (χ2n) is 5.82. The molecule has 0 radical (unpaired) electrons. The van der Waals surface area contributed by atoms with Crippen LogP contribution in [0.5, 0.6) is 0 Å². The van der Waals surface area contributed by atoms with Gasteiger partial charge in [-0.25, -0.2) is 4.79 Å². The van der Waals surface area contributed by atoms with E-state index < -0.39 is 5.60 Å². The first-order valence-corrected chi connectivity index (χ1v) is 6.38. The molecule has 0 aromatic heterocycles. The summed E-state index contributed by atoms with van der Waals surface area (Å²) in [7, 11) is 0. The summed E-state index contributed by atoms with van der Waals surface area (Å²) in [4.78, 5) is 16.2. The van der Waals surface area contributed by atoms with Crippen LogP contribution in [0.1, 0.15) is 20.8 Å². The van der Waals surface area contributed by atoms with Gasteiger partial charge in [-0.3, -0.25) is 4.90 Å². The van der Waals surface area contributed by atoms with Crippen LogP contribution in [-0.4, -0.2) is 66.8 Å². The normalized spacial score (nSPS) is 26.5. The fraction of sp³-hybridized carbons (Fsp3) is 0.917. The van der Waals surface area contributed by atoms with Crippen LogP contribution in [0.25, 0.3) is 0 Å². The minimum atomic E-state index is -0.404. The average Bonchev–Trinajstić information content (AvgIpc) is 2.26. The van der Waals surface area contributed by atoms with E-state index in [1.807, 2.05) is 25.7 Å². The molecule has 98 valence electrons. The molecule has 5 heteroatoms. The van der Waals surface area contributed by atoms with Crippen LogP contribution in [0.3, 0.4) is 0 Å². The highest BCUT2D eigenvalue weighted by Gasteiger charge is 2.32. The smallest absolute Gasteiger partial charge is 0.410 e. The van der Waals surface area contributed by atoms with Gasteiger partial charge < -0.3 is 15.0 Å². The maximum atomic E-state index is 12.0. The Bertz CT molecular complexity index is 288. The summed E-state index contributed by atoms with van der Waals surface area (Å²) in [5.74, 6) is 0. The molecule has 1 N–H and O–H groups in total. The molecule has 0 aliphatic carbocycles. The van der Waals surface area contributed by atoms with Crippen LogP contribution in [0, 0.1) is 0 Å². The van der Waals surface area contributed by atoms with Crippen LogP contribution in [-0.2, 0) is 4.74 Å². The zero-order valence-corrected chi connectivity index (χ0v) is 11.0. The third-order valence-electron chi connectivity index (χ3n) is 3.21. The Hall–Kier alpha value is -0.810. The van der Waals surface area contributed by atoms with E-state index in [1.165, 1.54) is 0 Å². The highest BCUT2D eigenvalue weighted by atomic mass is 16.6. The van der Waals surface area contributed by atoms with Crippen LogP contribution in [0.15, 0.2) is 0 Å². The number of nitrogens with one attached hydrogen (secondary N) is 1. The molecule has 0 bridgehead atoms. The van der Waals surface area contributed by atoms with E-state index in [1.54, 1.807) is 0 Å². The Morgan fingerprint density at radius 1 is 1.29 bits per heavy atom. The molecular weight excluding hydrogens is 218 g/mol. The number of fused-ring (bicyclic) bond motifs is 1. The quantitative estimate of drug-likeness (QED) is 0.671. The molecule has 2 aliphatic heterocycles. The van der Waals surface area contributed by atoms with Gasteiger partial charge in [0.1, 0.15) is 5.60 Å². The lowest BCUT2D eigenvalue weighted by molar-refractivity contribution is 0.000295. The number of hydrogen-bond acceptors (Lipinski definition) is 4. The van der Waals surface area contributed by atoms with Gasteiger partial charge in [0.25, 0.3) is 0 Å². The van der Waals surface area contributed by atoms with Crippen LogP contribution in [0.2, 0.25) is 0 Å². The summed E-state index contributed by atoms with van der Waals surface area (Å²) in [5.41, 5.74) is -0.404. The number of piperazine rings is 2. The summed E-state index contributed by atoms with van der Waals surface area (Å²) in [5, 5.41) is 3.37. The number of carbonyl (C=O) groups excluding carboxylic acids is 1. The van der Waals surface area contributed by atoms with E-state index >= 15 is 0 Å². The Kier molecular flexibility index (Phi) is 3.58. The summed E-state index contributed by atoms with van der Waals surface area (Å²) < 4.78 is 5.40. The predicted octanol–water partition coefficient (Wildman–Crippen LogP) is 0.511. The number of hydrogen-bond donors (Lipinski definition) is 1. The maximum absolute atomic E-state index is 12.0. The Morgan fingerprint density at radius 2 is 2.06 bits per heavy atom. The molecule has 0 aromatic carbocycles. The molecule has 2 heterocycles. The number of amides is 1. The van der Waals surface area contributed by atoms with Crippen LogP contribution in [0.4, 0.5) is 4.79 Å². The zero-order chi connectivity index (χ0) is 12.5. The van der Waals surface area contributed by atoms with Crippen molar-refractivity contribution in [2.24, 2.45) is 0 Å². The number of rotatable bonds is 0. The Balaban J connectivity index is 1.89. The second-order valence-corrected chi connectivity index (χ2v) is 5.82. The lowest BCUT2D eigenvalue weighted by Crippen LogP contribution is -2.62. The topological polar surface area (TPSA) is 44.8 Å². The van der Waals surface area contributed by atoms with Crippen molar-refractivity contribution >= 4 is 6.09 Å². The summed E-state index contributed by atoms with van der Waals surface area (Å²) in [6.45, 7) is 11.4. The molecule has 1 atom stereocenters. The minimum absolute atomic E-state index is 0.178. The van der Waals surface area contributed by atoms with Gasteiger partial charge in [0, 0.05) is 45.3 Å². The fourth-order valence-corrected chi connectivity index (χ4v) is 2.36. The zero-order valence-electron chi connectivity index (χ0n) is 11.0. The van der Waals surface area contributed by atoms with Gasteiger partial charge in [0.2, 0.25) is 0 Å². The monoisotopic (exact) mass is 241 g/mol. The molecular formula is C12H23N3O2. The Morgan fingerprint density at radius 3 is 2.76 bits per heavy atom. The largest absolute Gasteiger partial charge is 0.444 e. The van der Waals surface area contributed by atoms with Gasteiger partial charge in [-0.1, -0.05) is 0 Å². The molecule has 0 unspecified atom stereocenters. The van der Waals surface area contributed by atoms with E-state index in [4.69, 9.17) is 4.74 Å². The van der Waals surface area contributed by atoms with Crippen molar-refractivity contribution in [3.63, 3.8) is 0 Å². The van der Waals surface area contributed by atoms with Gasteiger partial charge >= 0.3 is 6.09 Å². The third-order valence-corrected chi connectivity index (χ3v) is 3.21. The molecule has 2 rings (SSSR count). The maximum Gasteiger partial charge on any atom is 0.410 e. The highest BCUT2D eigenvalue weighted by Crippen LogP contribution is 2.15. The summed E-state index contributed by atoms with van der Waals surface area (Å²) >= 11 is 0. The van der Waals surface area contributed by atoms with Gasteiger partial charge in [-0.2, -0.15) is 0 Å². The molecule has 0 spiro atoms. The van der Waals surface area contributed by atoms with Gasteiger partial charge in [0.05, 0.1) is 0 Å². The Labute approximate surface area is 103 Å². The SMILES string of the molecule is CC(C)(C)OC(=O)N1CCN2CCNC[C@@H]2C1. The minimum Gasteiger partial charge on any atom is -0.444 e. The first-order chi connectivity index (χ1) is 7.96. The molecule has 0 saturated carbocycles. The first kappa shape index (κ1) is 12.6. The van der Waals surface area contributed by atoms with Gasteiger partial charge in [-0.05, 0) is 20.8 Å². The molecule has 2 fully saturated rings. The van der Waals surface area contributed by atoms with Crippen molar-refractivity contribution in [3.8, 4) is 0 Å². The molecule has 17 heavy (non-hydrogen) atoms. The van der Waals surface area contributed by atoms with E-state index in [0.717, 1.165) is 39.3 Å². The average molecular weight is 241 g/mol. The summed E-state index contributed by atoms with van der Waals surface area (Å²) in [6, 6.07) is 0.449. The molecule has 2 aliphatic rings. The van der Waals surface area contributed by atoms with E-state index in [0.29, 0.717) is 6.04 Å². The lowest BCUT2D eigenvalue weighted by atomic mass is 10.1. The number of nitrogens with zero attached hydrogens (tertiary/aromatic N) is 2. The van der Waals surface area contributed by atoms with E-state index in [2.05, 4.69) is 10.2 Å². The molecule has 2 saturated heterocycles. The molecule has 0 aromatic rings. The molecule has 1 amide bonds. The van der Waals surface area contributed by atoms with Crippen molar-refractivity contribution in [2.45, 2.75) is 32.4 Å².